The van der Waals surface area contributed by atoms with Crippen molar-refractivity contribution < 1.29 is 9.59 Å². The van der Waals surface area contributed by atoms with Crippen LogP contribution in [0.5, 0.6) is 0 Å². The molecule has 0 saturated heterocycles. The first-order valence-corrected chi connectivity index (χ1v) is 5.26. The van der Waals surface area contributed by atoms with Crippen molar-refractivity contribution in [3.05, 3.63) is 64.7 Å². The van der Waals surface area contributed by atoms with Crippen molar-refractivity contribution in [3.8, 4) is 0 Å². The zero-order valence-electron chi connectivity index (χ0n) is 8.94. The zero-order chi connectivity index (χ0) is 12.0. The molecule has 2 radical (unpaired) electrons. The van der Waals surface area contributed by atoms with Crippen LogP contribution in [0.2, 0.25) is 0 Å². The quantitative estimate of drug-likeness (QED) is 0.532. The summed E-state index contributed by atoms with van der Waals surface area (Å²) in [6, 6.07) is 11.7. The lowest BCUT2D eigenvalue weighted by atomic mass is 9.81. The average Bonchev–Trinajstić information content (AvgIpc) is 2.36. The smallest absolute Gasteiger partial charge is 0.194 e. The molecule has 2 nitrogen and oxygen atoms in total. The third-order valence-corrected chi connectivity index (χ3v) is 2.95. The molecule has 0 amide bonds. The van der Waals surface area contributed by atoms with Gasteiger partial charge in [-0.05, 0) is 0 Å². The van der Waals surface area contributed by atoms with E-state index in [1.54, 1.807) is 42.5 Å². The molecule has 0 heterocycles. The second kappa shape index (κ2) is 3.42. The third kappa shape index (κ3) is 1.36. The van der Waals surface area contributed by atoms with Crippen molar-refractivity contribution in [3.63, 3.8) is 0 Å². The van der Waals surface area contributed by atoms with Gasteiger partial charge in [-0.1, -0.05) is 47.9 Å². The van der Waals surface area contributed by atoms with Crippen molar-refractivity contribution in [1.82, 2.24) is 0 Å². The van der Waals surface area contributed by atoms with Crippen LogP contribution in [0.15, 0.2) is 42.5 Å². The van der Waals surface area contributed by atoms with E-state index in [-0.39, 0.29) is 11.6 Å². The molecule has 2 aromatic carbocycles. The van der Waals surface area contributed by atoms with Crippen molar-refractivity contribution in [1.29, 1.82) is 0 Å². The van der Waals surface area contributed by atoms with E-state index < -0.39 is 0 Å². The average molecular weight is 218 g/mol. The van der Waals surface area contributed by atoms with Crippen molar-refractivity contribution in [2.45, 2.75) is 0 Å². The number of rotatable bonds is 0. The first kappa shape index (κ1) is 10.0. The fourth-order valence-corrected chi connectivity index (χ4v) is 2.12. The molecule has 78 valence electrons. The van der Waals surface area contributed by atoms with Crippen LogP contribution >= 0.6 is 0 Å². The maximum absolute atomic E-state index is 12.2. The normalized spacial score (nSPS) is 13.2. The van der Waals surface area contributed by atoms with Gasteiger partial charge in [0.1, 0.15) is 7.85 Å². The number of carbonyl (C=O) groups excluding carboxylic acids is 2. The maximum Gasteiger partial charge on any atom is 0.194 e. The fourth-order valence-electron chi connectivity index (χ4n) is 2.12. The number of hydrogen-bond acceptors (Lipinski definition) is 2. The molecular weight excluding hydrogens is 211 g/mol. The lowest BCUT2D eigenvalue weighted by Crippen LogP contribution is -2.22. The fraction of sp³-hybridized carbons (Fsp3) is 0. The van der Waals surface area contributed by atoms with Crippen LogP contribution in [-0.2, 0) is 0 Å². The summed E-state index contributed by atoms with van der Waals surface area (Å²) in [4.78, 5) is 24.4. The minimum absolute atomic E-state index is 0.116. The Morgan fingerprint density at radius 1 is 0.706 bits per heavy atom. The highest BCUT2D eigenvalue weighted by atomic mass is 16.1. The minimum Gasteiger partial charge on any atom is -0.289 e. The second-order valence-corrected chi connectivity index (χ2v) is 4.01. The van der Waals surface area contributed by atoms with Crippen LogP contribution in [0.3, 0.4) is 0 Å². The summed E-state index contributed by atoms with van der Waals surface area (Å²) in [5.74, 6) is -0.252. The minimum atomic E-state index is -0.137. The first-order valence-electron chi connectivity index (χ1n) is 5.26. The predicted octanol–water partition coefficient (Wildman–Crippen LogP) is 1.26. The van der Waals surface area contributed by atoms with E-state index >= 15 is 0 Å². The van der Waals surface area contributed by atoms with E-state index in [1.807, 2.05) is 0 Å². The van der Waals surface area contributed by atoms with Gasteiger partial charge in [-0.25, -0.2) is 0 Å². The Morgan fingerprint density at radius 2 is 1.24 bits per heavy atom. The van der Waals surface area contributed by atoms with E-state index in [1.165, 1.54) is 0 Å². The highest BCUT2D eigenvalue weighted by Crippen LogP contribution is 2.26. The van der Waals surface area contributed by atoms with Gasteiger partial charge in [-0.3, -0.25) is 9.59 Å². The summed E-state index contributed by atoms with van der Waals surface area (Å²) < 4.78 is 0. The first-order chi connectivity index (χ1) is 8.18. The Bertz CT molecular complexity index is 659. The summed E-state index contributed by atoms with van der Waals surface area (Å²) in [6.45, 7) is 0. The van der Waals surface area contributed by atoms with Crippen LogP contribution in [0.1, 0.15) is 31.8 Å². The third-order valence-electron chi connectivity index (χ3n) is 2.95. The van der Waals surface area contributed by atoms with Gasteiger partial charge in [0.25, 0.3) is 0 Å². The van der Waals surface area contributed by atoms with E-state index in [9.17, 15) is 9.59 Å². The Labute approximate surface area is 99.7 Å². The van der Waals surface area contributed by atoms with Gasteiger partial charge in [0, 0.05) is 22.3 Å². The molecule has 0 N–H and O–H groups in total. The van der Waals surface area contributed by atoms with Crippen LogP contribution in [-0.4, -0.2) is 19.4 Å². The topological polar surface area (TPSA) is 34.1 Å². The molecule has 0 fully saturated rings. The van der Waals surface area contributed by atoms with Crippen LogP contribution < -0.4 is 5.46 Å². The largest absolute Gasteiger partial charge is 0.289 e. The molecule has 0 spiro atoms. The van der Waals surface area contributed by atoms with Gasteiger partial charge in [-0.15, -0.1) is 0 Å². The summed E-state index contributed by atoms with van der Waals surface area (Å²) in [5, 5.41) is 0. The molecule has 0 atom stereocenters. The molecule has 17 heavy (non-hydrogen) atoms. The molecule has 1 aliphatic carbocycles. The van der Waals surface area contributed by atoms with Crippen molar-refractivity contribution in [2.24, 2.45) is 0 Å². The van der Waals surface area contributed by atoms with E-state index in [4.69, 9.17) is 7.85 Å². The number of benzene rings is 2. The molecule has 0 aromatic heterocycles. The van der Waals surface area contributed by atoms with Gasteiger partial charge in [0.15, 0.2) is 11.6 Å². The van der Waals surface area contributed by atoms with Crippen LogP contribution in [0.4, 0.5) is 0 Å². The monoisotopic (exact) mass is 218 g/mol. The lowest BCUT2D eigenvalue weighted by Gasteiger charge is -2.17. The number of ketones is 2. The molecular formula is C14H7BO2. The highest BCUT2D eigenvalue weighted by molar-refractivity contribution is 6.35. The SMILES string of the molecule is [B]c1ccc2c(c1)C(=O)c1ccccc1C2=O. The zero-order valence-corrected chi connectivity index (χ0v) is 8.94. The lowest BCUT2D eigenvalue weighted by molar-refractivity contribution is 0.0979. The highest BCUT2D eigenvalue weighted by Gasteiger charge is 2.28. The van der Waals surface area contributed by atoms with Crippen LogP contribution in [0.25, 0.3) is 0 Å². The standard InChI is InChI=1S/C14H7BO2/c15-8-5-6-11-12(7-8)14(17)10-4-2-1-3-9(10)13(11)16/h1-7H. The summed E-state index contributed by atoms with van der Waals surface area (Å²) >= 11 is 0. The van der Waals surface area contributed by atoms with Gasteiger partial charge in [-0.2, -0.15) is 0 Å². The molecule has 0 aliphatic heterocycles. The molecule has 3 rings (SSSR count). The van der Waals surface area contributed by atoms with E-state index in [2.05, 4.69) is 0 Å². The van der Waals surface area contributed by atoms with Crippen molar-refractivity contribution >= 4 is 24.9 Å². The van der Waals surface area contributed by atoms with Gasteiger partial charge < -0.3 is 0 Å². The Hall–Kier alpha value is -2.16. The predicted molar refractivity (Wildman–Crippen MR) is 65.1 cm³/mol. The van der Waals surface area contributed by atoms with Crippen molar-refractivity contribution in [2.75, 3.05) is 0 Å². The Balaban J connectivity index is 2.33. The van der Waals surface area contributed by atoms with Gasteiger partial charge in [0.05, 0.1) is 0 Å². The second-order valence-electron chi connectivity index (χ2n) is 4.01. The van der Waals surface area contributed by atoms with E-state index in [0.29, 0.717) is 27.7 Å². The molecule has 1 aliphatic rings. The molecule has 2 aromatic rings. The Morgan fingerprint density at radius 3 is 1.88 bits per heavy atom. The summed E-state index contributed by atoms with van der Waals surface area (Å²) in [6.07, 6.45) is 0. The van der Waals surface area contributed by atoms with Crippen LogP contribution in [0, 0.1) is 0 Å². The molecule has 0 saturated carbocycles. The Kier molecular flexibility index (Phi) is 2.02. The maximum atomic E-state index is 12.2. The van der Waals surface area contributed by atoms with E-state index in [0.717, 1.165) is 0 Å². The van der Waals surface area contributed by atoms with Gasteiger partial charge >= 0.3 is 0 Å². The number of fused-ring (bicyclic) bond motifs is 2. The molecule has 0 bridgehead atoms. The summed E-state index contributed by atoms with van der Waals surface area (Å²) in [7, 11) is 5.65. The molecule has 0 unspecified atom stereocenters. The number of carbonyl (C=O) groups is 2. The number of hydrogen-bond donors (Lipinski definition) is 0. The molecule has 3 heteroatoms. The van der Waals surface area contributed by atoms with Gasteiger partial charge in [0.2, 0.25) is 0 Å². The summed E-state index contributed by atoms with van der Waals surface area (Å²) in [5.41, 5.74) is 2.24.